The summed E-state index contributed by atoms with van der Waals surface area (Å²) < 4.78 is 5.28. The number of hydrogen-bond acceptors (Lipinski definition) is 5. The Bertz CT molecular complexity index is 1030. The Morgan fingerprint density at radius 1 is 1.17 bits per heavy atom. The van der Waals surface area contributed by atoms with Crippen LogP contribution in [0.15, 0.2) is 54.1 Å². The third kappa shape index (κ3) is 4.55. The predicted molar refractivity (Wildman–Crippen MR) is 116 cm³/mol. The van der Waals surface area contributed by atoms with Gasteiger partial charge in [-0.1, -0.05) is 31.2 Å². The Morgan fingerprint density at radius 3 is 2.37 bits per heavy atom. The summed E-state index contributed by atoms with van der Waals surface area (Å²) in [7, 11) is 0. The van der Waals surface area contributed by atoms with Gasteiger partial charge in [0.1, 0.15) is 11.3 Å². The average molecular weight is 424 g/mol. The number of ether oxygens (including phenoxy) is 1. The van der Waals surface area contributed by atoms with Crippen LogP contribution in [0.25, 0.3) is 6.08 Å². The fraction of sp³-hybridized carbons (Fsp3) is 0.182. The molecule has 0 aliphatic carbocycles. The Hall–Kier alpha value is -3.52. The molecule has 2 N–H and O–H groups in total. The van der Waals surface area contributed by atoms with Gasteiger partial charge in [-0.15, -0.1) is 0 Å². The molecule has 2 aromatic rings. The fourth-order valence-corrected chi connectivity index (χ4v) is 3.12. The van der Waals surface area contributed by atoms with E-state index in [1.807, 2.05) is 19.1 Å². The number of carboxylic acids is 1. The summed E-state index contributed by atoms with van der Waals surface area (Å²) in [5.41, 5.74) is 2.21. The van der Waals surface area contributed by atoms with Crippen LogP contribution in [0, 0.1) is 0 Å². The molecule has 2 amide bonds. The van der Waals surface area contributed by atoms with Crippen molar-refractivity contribution in [2.45, 2.75) is 26.4 Å². The van der Waals surface area contributed by atoms with Crippen LogP contribution in [0.5, 0.6) is 5.75 Å². The summed E-state index contributed by atoms with van der Waals surface area (Å²) in [4.78, 5) is 37.6. The van der Waals surface area contributed by atoms with Crippen molar-refractivity contribution in [3.05, 3.63) is 65.2 Å². The summed E-state index contributed by atoms with van der Waals surface area (Å²) >= 11 is 5.20. The number of aliphatic carboxylic acids is 1. The molecule has 0 spiro atoms. The van der Waals surface area contributed by atoms with Crippen molar-refractivity contribution in [2.75, 3.05) is 4.90 Å². The second-order valence-electron chi connectivity index (χ2n) is 6.65. The zero-order valence-electron chi connectivity index (χ0n) is 16.4. The van der Waals surface area contributed by atoms with Gasteiger partial charge < -0.3 is 9.84 Å². The maximum atomic E-state index is 13.0. The molecule has 30 heavy (non-hydrogen) atoms. The summed E-state index contributed by atoms with van der Waals surface area (Å²) in [5.74, 6) is -1.81. The van der Waals surface area contributed by atoms with Crippen LogP contribution in [0.2, 0.25) is 0 Å². The summed E-state index contributed by atoms with van der Waals surface area (Å²) in [6, 6.07) is 13.8. The number of aryl methyl sites for hydroxylation is 1. The number of carbonyl (C=O) groups excluding carboxylic acids is 2. The molecule has 0 unspecified atom stereocenters. The maximum Gasteiger partial charge on any atom is 0.344 e. The quantitative estimate of drug-likeness (QED) is 0.421. The van der Waals surface area contributed by atoms with Gasteiger partial charge >= 0.3 is 5.97 Å². The standard InChI is InChI=1S/C22H20N2O5S/c1-3-14-4-8-16(9-5-14)24-20(26)18(19(25)23-22(24)30)12-15-6-10-17(11-7-15)29-13(2)21(27)28/h4-13H,3H2,1-2H3,(H,27,28)(H,23,25,30)/b18-12+/t13-/m1/s1. The van der Waals surface area contributed by atoms with Gasteiger partial charge in [0.2, 0.25) is 0 Å². The number of rotatable bonds is 6. The highest BCUT2D eigenvalue weighted by atomic mass is 32.1. The molecular weight excluding hydrogens is 404 g/mol. The molecule has 1 saturated heterocycles. The molecule has 0 bridgehead atoms. The van der Waals surface area contributed by atoms with E-state index in [9.17, 15) is 14.4 Å². The zero-order valence-corrected chi connectivity index (χ0v) is 17.2. The van der Waals surface area contributed by atoms with E-state index >= 15 is 0 Å². The lowest BCUT2D eigenvalue weighted by molar-refractivity contribution is -0.144. The number of nitrogens with one attached hydrogen (secondary N) is 1. The first-order valence-electron chi connectivity index (χ1n) is 9.30. The molecule has 1 fully saturated rings. The fourth-order valence-electron chi connectivity index (χ4n) is 2.84. The Morgan fingerprint density at radius 2 is 1.80 bits per heavy atom. The van der Waals surface area contributed by atoms with E-state index in [0.29, 0.717) is 17.0 Å². The largest absolute Gasteiger partial charge is 0.479 e. The molecule has 0 radical (unpaired) electrons. The summed E-state index contributed by atoms with van der Waals surface area (Å²) in [5, 5.41) is 11.5. The second kappa shape index (κ2) is 8.87. The summed E-state index contributed by atoms with van der Waals surface area (Å²) in [6.07, 6.45) is 1.33. The van der Waals surface area contributed by atoms with E-state index < -0.39 is 23.9 Å². The Kier molecular flexibility index (Phi) is 6.27. The molecule has 3 rings (SSSR count). The van der Waals surface area contributed by atoms with Gasteiger partial charge in [-0.05, 0) is 67.0 Å². The molecule has 1 heterocycles. The molecule has 154 valence electrons. The van der Waals surface area contributed by atoms with Crippen LogP contribution in [0.3, 0.4) is 0 Å². The normalized spacial score (nSPS) is 16.4. The van der Waals surface area contributed by atoms with Crippen molar-refractivity contribution in [3.63, 3.8) is 0 Å². The topological polar surface area (TPSA) is 95.9 Å². The molecule has 1 atom stereocenters. The molecular formula is C22H20N2O5S. The Balaban J connectivity index is 1.85. The minimum Gasteiger partial charge on any atom is -0.479 e. The van der Waals surface area contributed by atoms with Gasteiger partial charge in [0.05, 0.1) is 5.69 Å². The molecule has 0 saturated carbocycles. The molecule has 8 heteroatoms. The lowest BCUT2D eigenvalue weighted by Gasteiger charge is -2.29. The van der Waals surface area contributed by atoms with Crippen molar-refractivity contribution in [2.24, 2.45) is 0 Å². The molecule has 1 aliphatic heterocycles. The highest BCUT2D eigenvalue weighted by Crippen LogP contribution is 2.23. The van der Waals surface area contributed by atoms with Crippen LogP contribution in [-0.2, 0) is 20.8 Å². The van der Waals surface area contributed by atoms with Crippen LogP contribution < -0.4 is 15.0 Å². The van der Waals surface area contributed by atoms with Crippen LogP contribution >= 0.6 is 12.2 Å². The van der Waals surface area contributed by atoms with E-state index in [1.54, 1.807) is 36.4 Å². The number of nitrogens with zero attached hydrogens (tertiary/aromatic N) is 1. The van der Waals surface area contributed by atoms with Crippen molar-refractivity contribution in [3.8, 4) is 5.75 Å². The van der Waals surface area contributed by atoms with Gasteiger partial charge in [-0.3, -0.25) is 19.8 Å². The minimum atomic E-state index is -1.08. The smallest absolute Gasteiger partial charge is 0.344 e. The number of hydrogen-bond donors (Lipinski definition) is 2. The predicted octanol–water partition coefficient (Wildman–Crippen LogP) is 2.93. The minimum absolute atomic E-state index is 0.0257. The average Bonchev–Trinajstić information content (AvgIpc) is 2.72. The lowest BCUT2D eigenvalue weighted by Crippen LogP contribution is -2.54. The summed E-state index contributed by atoms with van der Waals surface area (Å²) in [6.45, 7) is 3.46. The van der Waals surface area contributed by atoms with E-state index in [2.05, 4.69) is 5.32 Å². The molecule has 7 nitrogen and oxygen atoms in total. The van der Waals surface area contributed by atoms with E-state index in [0.717, 1.165) is 12.0 Å². The number of carbonyl (C=O) groups is 3. The monoisotopic (exact) mass is 424 g/mol. The third-order valence-corrected chi connectivity index (χ3v) is 4.84. The first-order valence-corrected chi connectivity index (χ1v) is 9.71. The maximum absolute atomic E-state index is 13.0. The van der Waals surface area contributed by atoms with Gasteiger partial charge in [-0.2, -0.15) is 0 Å². The van der Waals surface area contributed by atoms with Crippen molar-refractivity contribution in [1.29, 1.82) is 0 Å². The first kappa shape index (κ1) is 21.2. The van der Waals surface area contributed by atoms with Crippen LogP contribution in [0.1, 0.15) is 25.0 Å². The van der Waals surface area contributed by atoms with Gasteiger partial charge in [0.25, 0.3) is 11.8 Å². The number of carboxylic acid groups (broad SMARTS) is 1. The Labute approximate surface area is 179 Å². The van der Waals surface area contributed by atoms with Crippen molar-refractivity contribution in [1.82, 2.24) is 5.32 Å². The van der Waals surface area contributed by atoms with Crippen LogP contribution in [-0.4, -0.2) is 34.1 Å². The number of thiocarbonyl (C=S) groups is 1. The van der Waals surface area contributed by atoms with Gasteiger partial charge in [-0.25, -0.2) is 4.79 Å². The van der Waals surface area contributed by atoms with Crippen LogP contribution in [0.4, 0.5) is 5.69 Å². The first-order chi connectivity index (χ1) is 14.3. The van der Waals surface area contributed by atoms with E-state index in [1.165, 1.54) is 17.9 Å². The van der Waals surface area contributed by atoms with E-state index in [-0.39, 0.29) is 10.7 Å². The number of benzene rings is 2. The molecule has 0 aromatic heterocycles. The van der Waals surface area contributed by atoms with Gasteiger partial charge in [0, 0.05) is 0 Å². The number of anilines is 1. The highest BCUT2D eigenvalue weighted by molar-refractivity contribution is 7.80. The molecule has 1 aliphatic rings. The third-order valence-electron chi connectivity index (χ3n) is 4.56. The number of amides is 2. The van der Waals surface area contributed by atoms with Crippen molar-refractivity contribution >= 4 is 46.9 Å². The van der Waals surface area contributed by atoms with E-state index in [4.69, 9.17) is 22.1 Å². The SMILES string of the molecule is CCc1ccc(N2C(=O)/C(=C/c3ccc(O[C@H](C)C(=O)O)cc3)C(=O)NC2=S)cc1. The van der Waals surface area contributed by atoms with Crippen molar-refractivity contribution < 1.29 is 24.2 Å². The zero-order chi connectivity index (χ0) is 21.8. The second-order valence-corrected chi connectivity index (χ2v) is 7.03. The highest BCUT2D eigenvalue weighted by Gasteiger charge is 2.34. The lowest BCUT2D eigenvalue weighted by atomic mass is 10.1. The molecule has 2 aromatic carbocycles. The van der Waals surface area contributed by atoms with Gasteiger partial charge in [0.15, 0.2) is 11.2 Å².